The summed E-state index contributed by atoms with van der Waals surface area (Å²) < 4.78 is 0. The van der Waals surface area contributed by atoms with Crippen LogP contribution in [0.5, 0.6) is 5.75 Å². The first-order valence-electron chi connectivity index (χ1n) is 4.07. The van der Waals surface area contributed by atoms with Gasteiger partial charge in [0.15, 0.2) is 0 Å². The molecule has 0 fully saturated rings. The molecule has 0 unspecified atom stereocenters. The monoisotopic (exact) mass is 179 g/mol. The van der Waals surface area contributed by atoms with Gasteiger partial charge < -0.3 is 5.11 Å². The van der Waals surface area contributed by atoms with Gasteiger partial charge in [-0.15, -0.1) is 0 Å². The van der Waals surface area contributed by atoms with Gasteiger partial charge in [0.1, 0.15) is 5.75 Å². The van der Waals surface area contributed by atoms with Gasteiger partial charge in [-0.05, 0) is 24.3 Å². The van der Waals surface area contributed by atoms with Crippen molar-refractivity contribution < 1.29 is 5.11 Å². The van der Waals surface area contributed by atoms with Gasteiger partial charge in [-0.3, -0.25) is 4.98 Å². The van der Waals surface area contributed by atoms with Crippen molar-refractivity contribution in [2.75, 3.05) is 0 Å². The van der Waals surface area contributed by atoms with E-state index in [0.29, 0.717) is 0 Å². The Morgan fingerprint density at radius 2 is 1.64 bits per heavy atom. The molecule has 0 amide bonds. The van der Waals surface area contributed by atoms with Crippen LogP contribution in [0.4, 0.5) is 0 Å². The fourth-order valence-electron chi connectivity index (χ4n) is 1.21. The van der Waals surface area contributed by atoms with Crippen LogP contribution >= 0.6 is 0 Å². The maximum absolute atomic E-state index is 9.52. The van der Waals surface area contributed by atoms with E-state index in [4.69, 9.17) is 0 Å². The Labute approximate surface area is 94.8 Å². The van der Waals surface area contributed by atoms with E-state index in [1.165, 1.54) is 0 Å². The second-order valence-corrected chi connectivity index (χ2v) is 2.73. The Bertz CT molecular complexity index is 403. The van der Waals surface area contributed by atoms with E-state index in [0.717, 1.165) is 11.3 Å². The molecular weight excluding hydrogens is 169 g/mol. The van der Waals surface area contributed by atoms with E-state index in [-0.39, 0.29) is 24.6 Å². The Morgan fingerprint density at radius 3 is 2.29 bits per heavy atom. The molecule has 2 rings (SSSR count). The third-order valence-electron chi connectivity index (χ3n) is 1.84. The summed E-state index contributed by atoms with van der Waals surface area (Å²) in [5, 5.41) is 9.52. The minimum atomic E-state index is 0. The van der Waals surface area contributed by atoms with Crippen molar-refractivity contribution in [1.29, 1.82) is 0 Å². The molecule has 1 N–H and O–H groups in total. The average Bonchev–Trinajstić information content (AvgIpc) is 2.20. The van der Waals surface area contributed by atoms with Crippen LogP contribution in [0.3, 0.4) is 0 Å². The summed E-state index contributed by atoms with van der Waals surface area (Å²) in [7, 11) is 0. The molecule has 1 aromatic heterocycles. The van der Waals surface area contributed by atoms with Crippen molar-refractivity contribution in [3.05, 3.63) is 48.7 Å². The number of benzene rings is 1. The molecule has 0 saturated carbocycles. The molecule has 0 aliphatic heterocycles. The molecule has 3 heteroatoms. The van der Waals surface area contributed by atoms with E-state index in [1.54, 1.807) is 18.3 Å². The van der Waals surface area contributed by atoms with E-state index in [2.05, 4.69) is 4.98 Å². The molecule has 0 aliphatic rings. The third kappa shape index (κ3) is 2.17. The number of aromatic nitrogens is 1. The van der Waals surface area contributed by atoms with Crippen LogP contribution in [0.2, 0.25) is 0 Å². The first kappa shape index (κ1) is 10.8. The van der Waals surface area contributed by atoms with Crippen molar-refractivity contribution in [3.8, 4) is 17.0 Å². The summed E-state index contributed by atoms with van der Waals surface area (Å²) in [5.41, 5.74) is 1.56. The molecule has 0 atom stereocenters. The van der Waals surface area contributed by atoms with Crippen LogP contribution in [-0.4, -0.2) is 29.0 Å². The van der Waals surface area contributed by atoms with Gasteiger partial charge >= 0.3 is 18.9 Å². The number of hydrogen-bond donors (Lipinski definition) is 1. The molecular formula is C11H10LiNO. The number of para-hydroxylation sites is 1. The van der Waals surface area contributed by atoms with Gasteiger partial charge in [-0.25, -0.2) is 0 Å². The van der Waals surface area contributed by atoms with Crippen LogP contribution < -0.4 is 0 Å². The van der Waals surface area contributed by atoms with Gasteiger partial charge in [0.25, 0.3) is 0 Å². The number of phenols is 1. The quantitative estimate of drug-likeness (QED) is 0.677. The number of aromatic hydroxyl groups is 1. The van der Waals surface area contributed by atoms with E-state index in [9.17, 15) is 5.11 Å². The van der Waals surface area contributed by atoms with Gasteiger partial charge in [0, 0.05) is 11.8 Å². The van der Waals surface area contributed by atoms with Crippen molar-refractivity contribution in [1.82, 2.24) is 4.98 Å². The standard InChI is InChI=1S/C11H9NO.Li.H/c13-11-7-2-1-5-9(11)10-6-3-4-8-12-10;;/h1-8,13H;;. The summed E-state index contributed by atoms with van der Waals surface area (Å²) in [4.78, 5) is 4.15. The van der Waals surface area contributed by atoms with Gasteiger partial charge in [0.2, 0.25) is 0 Å². The summed E-state index contributed by atoms with van der Waals surface area (Å²) >= 11 is 0. The van der Waals surface area contributed by atoms with Crippen molar-refractivity contribution in [2.24, 2.45) is 0 Å². The first-order valence-corrected chi connectivity index (χ1v) is 4.07. The molecule has 0 bridgehead atoms. The first-order chi connectivity index (χ1) is 6.38. The Balaban J connectivity index is 0.000000980. The molecule has 2 nitrogen and oxygen atoms in total. The normalized spacial score (nSPS) is 9.14. The van der Waals surface area contributed by atoms with E-state index < -0.39 is 0 Å². The Morgan fingerprint density at radius 1 is 0.929 bits per heavy atom. The van der Waals surface area contributed by atoms with Crippen LogP contribution in [-0.2, 0) is 0 Å². The average molecular weight is 179 g/mol. The SMILES string of the molecule is Oc1ccccc1-c1ccccn1.[LiH]. The second kappa shape index (κ2) is 4.85. The Kier molecular flexibility index (Phi) is 3.76. The van der Waals surface area contributed by atoms with Gasteiger partial charge in [-0.2, -0.15) is 0 Å². The zero-order valence-electron chi connectivity index (χ0n) is 7.01. The third-order valence-corrected chi connectivity index (χ3v) is 1.84. The predicted molar refractivity (Wildman–Crippen MR) is 58.5 cm³/mol. The number of phenolic OH excluding ortho intramolecular Hbond substituents is 1. The molecule has 14 heavy (non-hydrogen) atoms. The van der Waals surface area contributed by atoms with Crippen molar-refractivity contribution >= 4 is 18.9 Å². The van der Waals surface area contributed by atoms with Crippen LogP contribution in [0.1, 0.15) is 0 Å². The summed E-state index contributed by atoms with van der Waals surface area (Å²) in [6.07, 6.45) is 1.71. The van der Waals surface area contributed by atoms with Crippen LogP contribution in [0.25, 0.3) is 11.3 Å². The number of nitrogens with zero attached hydrogens (tertiary/aromatic N) is 1. The molecule has 1 heterocycles. The summed E-state index contributed by atoms with van der Waals surface area (Å²) in [5.74, 6) is 0.265. The molecule has 0 aliphatic carbocycles. The molecule has 66 valence electrons. The van der Waals surface area contributed by atoms with Crippen LogP contribution in [0, 0.1) is 0 Å². The number of hydrogen-bond acceptors (Lipinski definition) is 2. The fraction of sp³-hybridized carbons (Fsp3) is 0. The number of rotatable bonds is 1. The number of pyridine rings is 1. The molecule has 0 spiro atoms. The molecule has 0 radical (unpaired) electrons. The fourth-order valence-corrected chi connectivity index (χ4v) is 1.21. The molecule has 0 saturated heterocycles. The zero-order chi connectivity index (χ0) is 9.10. The van der Waals surface area contributed by atoms with Gasteiger partial charge in [0.05, 0.1) is 5.69 Å². The predicted octanol–water partition coefficient (Wildman–Crippen LogP) is 1.81. The van der Waals surface area contributed by atoms with Crippen molar-refractivity contribution in [2.45, 2.75) is 0 Å². The topological polar surface area (TPSA) is 33.1 Å². The maximum atomic E-state index is 9.52. The van der Waals surface area contributed by atoms with Crippen LogP contribution in [0.15, 0.2) is 48.7 Å². The van der Waals surface area contributed by atoms with E-state index >= 15 is 0 Å². The minimum absolute atomic E-state index is 0. The molecule has 2 aromatic rings. The summed E-state index contributed by atoms with van der Waals surface area (Å²) in [6.45, 7) is 0. The summed E-state index contributed by atoms with van der Waals surface area (Å²) in [6, 6.07) is 12.8. The van der Waals surface area contributed by atoms with Gasteiger partial charge in [-0.1, -0.05) is 18.2 Å². The van der Waals surface area contributed by atoms with E-state index in [1.807, 2.05) is 30.3 Å². The zero-order valence-corrected chi connectivity index (χ0v) is 7.01. The second-order valence-electron chi connectivity index (χ2n) is 2.73. The Hall–Kier alpha value is -1.23. The molecule has 1 aromatic carbocycles. The van der Waals surface area contributed by atoms with Crippen molar-refractivity contribution in [3.63, 3.8) is 0 Å².